The molecule has 0 atom stereocenters. The highest BCUT2D eigenvalue weighted by Gasteiger charge is 2.28. The molecule has 0 bridgehead atoms. The summed E-state index contributed by atoms with van der Waals surface area (Å²) in [6.45, 7) is 2.95. The molecular formula is C23H25N5O4. The van der Waals surface area contributed by atoms with Crippen LogP contribution in [0.2, 0.25) is 0 Å². The average Bonchev–Trinajstić information content (AvgIpc) is 3.33. The molecule has 9 nitrogen and oxygen atoms in total. The summed E-state index contributed by atoms with van der Waals surface area (Å²) in [5, 5.41) is 6.57. The molecule has 166 valence electrons. The molecule has 1 saturated heterocycles. The van der Waals surface area contributed by atoms with Gasteiger partial charge in [0.05, 0.1) is 18.4 Å². The molecule has 4 rings (SSSR count). The Bertz CT molecular complexity index is 1130. The Balaban J connectivity index is 1.40. The van der Waals surface area contributed by atoms with Gasteiger partial charge in [-0.25, -0.2) is 9.97 Å². The van der Waals surface area contributed by atoms with Gasteiger partial charge in [-0.15, -0.1) is 0 Å². The minimum atomic E-state index is -0.199. The van der Waals surface area contributed by atoms with Gasteiger partial charge in [0.2, 0.25) is 0 Å². The second-order valence-corrected chi connectivity index (χ2v) is 7.68. The van der Waals surface area contributed by atoms with Crippen molar-refractivity contribution in [1.29, 1.82) is 0 Å². The molecule has 1 fully saturated rings. The number of methoxy groups -OCH3 is 1. The predicted molar refractivity (Wildman–Crippen MR) is 117 cm³/mol. The fourth-order valence-electron chi connectivity index (χ4n) is 3.83. The zero-order chi connectivity index (χ0) is 22.7. The zero-order valence-corrected chi connectivity index (χ0v) is 18.3. The predicted octanol–water partition coefficient (Wildman–Crippen LogP) is 2.83. The van der Waals surface area contributed by atoms with Crippen LogP contribution in [0.5, 0.6) is 5.75 Å². The van der Waals surface area contributed by atoms with E-state index in [2.05, 4.69) is 20.4 Å². The number of carbonyl (C=O) groups is 2. The lowest BCUT2D eigenvalue weighted by Crippen LogP contribution is -2.38. The zero-order valence-electron chi connectivity index (χ0n) is 18.3. The van der Waals surface area contributed by atoms with E-state index in [1.807, 2.05) is 24.3 Å². The van der Waals surface area contributed by atoms with Crippen LogP contribution < -0.4 is 10.1 Å². The standard InChI is InChI=1S/C23H25N5O4/c1-14-18(22(29)24-2)13-25-21(26-14)15-7-9-28(10-8-15)23(30)19-12-20(32-27-19)16-5-4-6-17(11-16)31-3/h4-6,11-13,15H,7-10H2,1-3H3,(H,24,29). The molecule has 0 radical (unpaired) electrons. The van der Waals surface area contributed by atoms with Gasteiger partial charge in [0.1, 0.15) is 11.6 Å². The van der Waals surface area contributed by atoms with Gasteiger partial charge in [-0.3, -0.25) is 9.59 Å². The number of nitrogens with one attached hydrogen (secondary N) is 1. The molecular weight excluding hydrogens is 410 g/mol. The van der Waals surface area contributed by atoms with Gasteiger partial charge in [-0.2, -0.15) is 0 Å². The molecule has 1 aromatic carbocycles. The molecule has 1 aliphatic rings. The van der Waals surface area contributed by atoms with Crippen LogP contribution in [-0.4, -0.2) is 59.1 Å². The monoisotopic (exact) mass is 435 g/mol. The van der Waals surface area contributed by atoms with Crippen molar-refractivity contribution in [3.63, 3.8) is 0 Å². The number of carbonyl (C=O) groups excluding carboxylic acids is 2. The Labute approximate surface area is 185 Å². The molecule has 9 heteroatoms. The summed E-state index contributed by atoms with van der Waals surface area (Å²) in [6.07, 6.45) is 3.06. The molecule has 2 amide bonds. The molecule has 0 aliphatic carbocycles. The number of aryl methyl sites for hydroxylation is 1. The summed E-state index contributed by atoms with van der Waals surface area (Å²) in [4.78, 5) is 35.5. The highest BCUT2D eigenvalue weighted by atomic mass is 16.5. The van der Waals surface area contributed by atoms with Crippen molar-refractivity contribution in [1.82, 2.24) is 25.3 Å². The number of rotatable bonds is 5. The van der Waals surface area contributed by atoms with Crippen molar-refractivity contribution < 1.29 is 18.8 Å². The van der Waals surface area contributed by atoms with Crippen LogP contribution in [0.4, 0.5) is 0 Å². The maximum Gasteiger partial charge on any atom is 0.276 e. The van der Waals surface area contributed by atoms with Crippen LogP contribution in [0.1, 0.15) is 51.1 Å². The van der Waals surface area contributed by atoms with E-state index in [1.54, 1.807) is 38.2 Å². The molecule has 0 saturated carbocycles. The number of likely N-dealkylation sites (tertiary alicyclic amines) is 1. The quantitative estimate of drug-likeness (QED) is 0.656. The normalized spacial score (nSPS) is 14.3. The minimum Gasteiger partial charge on any atom is -0.497 e. The molecule has 3 aromatic rings. The van der Waals surface area contributed by atoms with Crippen LogP contribution in [0.3, 0.4) is 0 Å². The number of benzene rings is 1. The molecule has 3 heterocycles. The van der Waals surface area contributed by atoms with E-state index >= 15 is 0 Å². The van der Waals surface area contributed by atoms with Crippen molar-refractivity contribution in [2.75, 3.05) is 27.2 Å². The van der Waals surface area contributed by atoms with Crippen molar-refractivity contribution in [2.45, 2.75) is 25.7 Å². The van der Waals surface area contributed by atoms with Crippen LogP contribution in [-0.2, 0) is 0 Å². The summed E-state index contributed by atoms with van der Waals surface area (Å²) in [5.74, 6) is 1.71. The maximum atomic E-state index is 12.9. The van der Waals surface area contributed by atoms with E-state index in [0.717, 1.165) is 18.4 Å². The third-order valence-electron chi connectivity index (χ3n) is 5.70. The van der Waals surface area contributed by atoms with Crippen LogP contribution in [0.25, 0.3) is 11.3 Å². The Morgan fingerprint density at radius 2 is 2.00 bits per heavy atom. The minimum absolute atomic E-state index is 0.140. The van der Waals surface area contributed by atoms with Gasteiger partial charge in [0.15, 0.2) is 11.5 Å². The van der Waals surface area contributed by atoms with E-state index in [0.29, 0.717) is 41.7 Å². The first-order valence-corrected chi connectivity index (χ1v) is 10.5. The van der Waals surface area contributed by atoms with Crippen molar-refractivity contribution >= 4 is 11.8 Å². The Kier molecular flexibility index (Phi) is 6.16. The molecule has 1 N–H and O–H groups in total. The SMILES string of the molecule is CNC(=O)c1cnc(C2CCN(C(=O)c3cc(-c4cccc(OC)c4)on3)CC2)nc1C. The van der Waals surface area contributed by atoms with Crippen molar-refractivity contribution in [2.24, 2.45) is 0 Å². The number of hydrogen-bond donors (Lipinski definition) is 1. The third kappa shape index (κ3) is 4.32. The Morgan fingerprint density at radius 3 is 2.69 bits per heavy atom. The second-order valence-electron chi connectivity index (χ2n) is 7.68. The van der Waals surface area contributed by atoms with E-state index in [4.69, 9.17) is 9.26 Å². The van der Waals surface area contributed by atoms with Crippen LogP contribution in [0.15, 0.2) is 41.1 Å². The summed E-state index contributed by atoms with van der Waals surface area (Å²) in [7, 11) is 3.18. The van der Waals surface area contributed by atoms with Gasteiger partial charge in [0.25, 0.3) is 11.8 Å². The Hall–Kier alpha value is -3.75. The molecule has 0 spiro atoms. The van der Waals surface area contributed by atoms with Crippen LogP contribution in [0, 0.1) is 6.92 Å². The number of ether oxygens (including phenoxy) is 1. The van der Waals surface area contributed by atoms with Gasteiger partial charge in [0, 0.05) is 43.9 Å². The fourth-order valence-corrected chi connectivity index (χ4v) is 3.83. The summed E-state index contributed by atoms with van der Waals surface area (Å²) >= 11 is 0. The van der Waals surface area contributed by atoms with Gasteiger partial charge in [-0.1, -0.05) is 17.3 Å². The van der Waals surface area contributed by atoms with Gasteiger partial charge >= 0.3 is 0 Å². The van der Waals surface area contributed by atoms with E-state index in [-0.39, 0.29) is 23.4 Å². The lowest BCUT2D eigenvalue weighted by Gasteiger charge is -2.30. The smallest absolute Gasteiger partial charge is 0.276 e. The number of amides is 2. The first kappa shape index (κ1) is 21.5. The van der Waals surface area contributed by atoms with Gasteiger partial charge in [-0.05, 0) is 31.9 Å². The highest BCUT2D eigenvalue weighted by molar-refractivity contribution is 5.94. The first-order valence-electron chi connectivity index (χ1n) is 10.5. The Morgan fingerprint density at radius 1 is 1.22 bits per heavy atom. The third-order valence-corrected chi connectivity index (χ3v) is 5.70. The molecule has 1 aliphatic heterocycles. The fraction of sp³-hybridized carbons (Fsp3) is 0.348. The maximum absolute atomic E-state index is 12.9. The topological polar surface area (TPSA) is 110 Å². The lowest BCUT2D eigenvalue weighted by molar-refractivity contribution is 0.0700. The summed E-state index contributed by atoms with van der Waals surface area (Å²) in [5.41, 5.74) is 2.20. The number of hydrogen-bond acceptors (Lipinski definition) is 7. The van der Waals surface area contributed by atoms with Gasteiger partial charge < -0.3 is 19.5 Å². The van der Waals surface area contributed by atoms with Crippen molar-refractivity contribution in [3.8, 4) is 17.1 Å². The highest BCUT2D eigenvalue weighted by Crippen LogP contribution is 2.28. The molecule has 0 unspecified atom stereocenters. The average molecular weight is 435 g/mol. The van der Waals surface area contributed by atoms with Crippen LogP contribution >= 0.6 is 0 Å². The van der Waals surface area contributed by atoms with Crippen molar-refractivity contribution in [3.05, 3.63) is 59.3 Å². The summed E-state index contributed by atoms with van der Waals surface area (Å²) in [6, 6.07) is 9.06. The number of aromatic nitrogens is 3. The van der Waals surface area contributed by atoms with E-state index < -0.39 is 0 Å². The first-order chi connectivity index (χ1) is 15.5. The van der Waals surface area contributed by atoms with E-state index in [9.17, 15) is 9.59 Å². The number of piperidine rings is 1. The number of nitrogens with zero attached hydrogens (tertiary/aromatic N) is 4. The molecule has 2 aromatic heterocycles. The lowest BCUT2D eigenvalue weighted by atomic mass is 9.95. The molecule has 32 heavy (non-hydrogen) atoms. The van der Waals surface area contributed by atoms with E-state index in [1.165, 1.54) is 0 Å². The summed E-state index contributed by atoms with van der Waals surface area (Å²) < 4.78 is 10.6. The second kappa shape index (κ2) is 9.17. The largest absolute Gasteiger partial charge is 0.497 e.